The molecule has 0 aliphatic heterocycles. The summed E-state index contributed by atoms with van der Waals surface area (Å²) in [6.07, 6.45) is 0.764. The summed E-state index contributed by atoms with van der Waals surface area (Å²) in [7, 11) is 1.89. The summed E-state index contributed by atoms with van der Waals surface area (Å²) in [5.41, 5.74) is 3.10. The predicted octanol–water partition coefficient (Wildman–Crippen LogP) is 4.94. The Balaban J connectivity index is 2.26. The van der Waals surface area contributed by atoms with Gasteiger partial charge in [-0.1, -0.05) is 35.3 Å². The predicted molar refractivity (Wildman–Crippen MR) is 83.1 cm³/mol. The van der Waals surface area contributed by atoms with E-state index in [0.717, 1.165) is 23.1 Å². The summed E-state index contributed by atoms with van der Waals surface area (Å²) in [6, 6.07) is 10.6. The van der Waals surface area contributed by atoms with Crippen LogP contribution in [-0.2, 0) is 6.42 Å². The van der Waals surface area contributed by atoms with Crippen molar-refractivity contribution in [3.8, 4) is 0 Å². The van der Waals surface area contributed by atoms with Crippen LogP contribution in [0, 0.1) is 12.7 Å². The molecule has 0 aliphatic rings. The minimum Gasteiger partial charge on any atom is -0.313 e. The molecule has 1 atom stereocenters. The molecule has 0 aromatic heterocycles. The molecule has 2 aromatic carbocycles. The first-order valence-corrected chi connectivity index (χ1v) is 7.14. The fourth-order valence-corrected chi connectivity index (χ4v) is 2.62. The van der Waals surface area contributed by atoms with E-state index in [9.17, 15) is 4.39 Å². The lowest BCUT2D eigenvalue weighted by Crippen LogP contribution is -2.20. The first kappa shape index (κ1) is 15.3. The van der Waals surface area contributed by atoms with E-state index in [4.69, 9.17) is 23.2 Å². The van der Waals surface area contributed by atoms with Crippen molar-refractivity contribution in [2.45, 2.75) is 19.4 Å². The quantitative estimate of drug-likeness (QED) is 0.843. The molecule has 1 N–H and O–H groups in total. The lowest BCUT2D eigenvalue weighted by atomic mass is 9.95. The van der Waals surface area contributed by atoms with Gasteiger partial charge in [0, 0.05) is 6.04 Å². The summed E-state index contributed by atoms with van der Waals surface area (Å²) in [4.78, 5) is 0. The number of hydrogen-bond donors (Lipinski definition) is 1. The van der Waals surface area contributed by atoms with Crippen LogP contribution < -0.4 is 5.32 Å². The van der Waals surface area contributed by atoms with Crippen LogP contribution in [-0.4, -0.2) is 7.05 Å². The smallest absolute Gasteiger partial charge is 0.123 e. The van der Waals surface area contributed by atoms with Gasteiger partial charge in [-0.05, 0) is 61.3 Å². The summed E-state index contributed by atoms with van der Waals surface area (Å²) in [5, 5.41) is 4.36. The minimum absolute atomic E-state index is 0.104. The second kappa shape index (κ2) is 6.57. The van der Waals surface area contributed by atoms with E-state index in [-0.39, 0.29) is 11.9 Å². The highest BCUT2D eigenvalue weighted by Crippen LogP contribution is 2.27. The molecule has 0 fully saturated rings. The van der Waals surface area contributed by atoms with E-state index in [0.29, 0.717) is 10.0 Å². The van der Waals surface area contributed by atoms with Gasteiger partial charge in [0.1, 0.15) is 5.82 Å². The Labute approximate surface area is 128 Å². The summed E-state index contributed by atoms with van der Waals surface area (Å²) in [6.45, 7) is 1.91. The maximum Gasteiger partial charge on any atom is 0.123 e. The van der Waals surface area contributed by atoms with Gasteiger partial charge in [-0.15, -0.1) is 0 Å². The Bertz CT molecular complexity index is 613. The van der Waals surface area contributed by atoms with Gasteiger partial charge in [-0.3, -0.25) is 0 Å². The van der Waals surface area contributed by atoms with Crippen molar-refractivity contribution in [1.82, 2.24) is 5.32 Å². The van der Waals surface area contributed by atoms with Crippen LogP contribution in [0.1, 0.15) is 22.7 Å². The number of halogens is 3. The van der Waals surface area contributed by atoms with E-state index in [1.165, 1.54) is 6.07 Å². The Morgan fingerprint density at radius 3 is 2.45 bits per heavy atom. The molecule has 0 amide bonds. The lowest BCUT2D eigenvalue weighted by Gasteiger charge is -2.19. The Morgan fingerprint density at radius 1 is 1.10 bits per heavy atom. The van der Waals surface area contributed by atoms with Crippen LogP contribution >= 0.6 is 23.2 Å². The Hall–Kier alpha value is -1.09. The monoisotopic (exact) mass is 311 g/mol. The van der Waals surface area contributed by atoms with Gasteiger partial charge < -0.3 is 5.32 Å². The van der Waals surface area contributed by atoms with Crippen LogP contribution in [0.5, 0.6) is 0 Å². The molecular formula is C16H16Cl2FN. The molecule has 0 spiro atoms. The van der Waals surface area contributed by atoms with Gasteiger partial charge in [0.25, 0.3) is 0 Å². The third-order valence-corrected chi connectivity index (χ3v) is 4.12. The largest absolute Gasteiger partial charge is 0.313 e. The summed E-state index contributed by atoms with van der Waals surface area (Å²) < 4.78 is 13.2. The van der Waals surface area contributed by atoms with Crippen LogP contribution in [0.25, 0.3) is 0 Å². The molecule has 0 saturated carbocycles. The van der Waals surface area contributed by atoms with E-state index < -0.39 is 0 Å². The van der Waals surface area contributed by atoms with Crippen LogP contribution in [0.3, 0.4) is 0 Å². The van der Waals surface area contributed by atoms with Crippen LogP contribution in [0.15, 0.2) is 36.4 Å². The highest BCUT2D eigenvalue weighted by molar-refractivity contribution is 6.42. The number of aryl methyl sites for hydroxylation is 1. The summed E-state index contributed by atoms with van der Waals surface area (Å²) >= 11 is 12.0. The van der Waals surface area contributed by atoms with E-state index in [2.05, 4.69) is 5.32 Å². The number of nitrogens with one attached hydrogen (secondary N) is 1. The molecule has 2 rings (SSSR count). The highest BCUT2D eigenvalue weighted by atomic mass is 35.5. The fraction of sp³-hybridized carbons (Fsp3) is 0.250. The second-order valence-corrected chi connectivity index (χ2v) is 5.61. The zero-order valence-electron chi connectivity index (χ0n) is 11.4. The normalized spacial score (nSPS) is 12.4. The van der Waals surface area contributed by atoms with Gasteiger partial charge >= 0.3 is 0 Å². The average molecular weight is 312 g/mol. The van der Waals surface area contributed by atoms with Gasteiger partial charge in [0.15, 0.2) is 0 Å². The fourth-order valence-electron chi connectivity index (χ4n) is 2.30. The average Bonchev–Trinajstić information content (AvgIpc) is 2.41. The van der Waals surface area contributed by atoms with Crippen molar-refractivity contribution in [2.75, 3.05) is 7.05 Å². The zero-order valence-corrected chi connectivity index (χ0v) is 12.9. The highest BCUT2D eigenvalue weighted by Gasteiger charge is 2.13. The van der Waals surface area contributed by atoms with E-state index >= 15 is 0 Å². The molecule has 20 heavy (non-hydrogen) atoms. The molecule has 4 heteroatoms. The first-order chi connectivity index (χ1) is 9.51. The standard InChI is InChI=1S/C16H16Cl2FN/c1-10-7-12(19)4-5-13(10)16(20-2)9-11-3-6-14(17)15(18)8-11/h3-8,16,20H,9H2,1-2H3. The second-order valence-electron chi connectivity index (χ2n) is 4.79. The minimum atomic E-state index is -0.212. The van der Waals surface area contributed by atoms with Crippen molar-refractivity contribution >= 4 is 23.2 Å². The summed E-state index contributed by atoms with van der Waals surface area (Å²) in [5.74, 6) is -0.212. The number of rotatable bonds is 4. The van der Waals surface area contributed by atoms with Crippen molar-refractivity contribution < 1.29 is 4.39 Å². The lowest BCUT2D eigenvalue weighted by molar-refractivity contribution is 0.582. The van der Waals surface area contributed by atoms with Gasteiger partial charge in [0.05, 0.1) is 10.0 Å². The van der Waals surface area contributed by atoms with Crippen molar-refractivity contribution in [3.05, 3.63) is 69.0 Å². The van der Waals surface area contributed by atoms with Crippen molar-refractivity contribution in [3.63, 3.8) is 0 Å². The number of benzene rings is 2. The van der Waals surface area contributed by atoms with Crippen LogP contribution in [0.2, 0.25) is 10.0 Å². The first-order valence-electron chi connectivity index (χ1n) is 6.38. The molecular weight excluding hydrogens is 296 g/mol. The number of likely N-dealkylation sites (N-methyl/N-ethyl adjacent to an activating group) is 1. The van der Waals surface area contributed by atoms with E-state index in [1.807, 2.05) is 32.2 Å². The maximum absolute atomic E-state index is 13.2. The third-order valence-electron chi connectivity index (χ3n) is 3.38. The van der Waals surface area contributed by atoms with Gasteiger partial charge in [-0.25, -0.2) is 4.39 Å². The molecule has 0 saturated heterocycles. The maximum atomic E-state index is 13.2. The molecule has 2 aromatic rings. The Morgan fingerprint density at radius 2 is 1.85 bits per heavy atom. The zero-order chi connectivity index (χ0) is 14.7. The van der Waals surface area contributed by atoms with Crippen molar-refractivity contribution in [1.29, 1.82) is 0 Å². The Kier molecular flexibility index (Phi) is 5.03. The van der Waals surface area contributed by atoms with Crippen molar-refractivity contribution in [2.24, 2.45) is 0 Å². The third kappa shape index (κ3) is 3.51. The molecule has 0 aliphatic carbocycles. The SMILES string of the molecule is CNC(Cc1ccc(Cl)c(Cl)c1)c1ccc(F)cc1C. The molecule has 0 radical (unpaired) electrons. The van der Waals surface area contributed by atoms with Crippen LogP contribution in [0.4, 0.5) is 4.39 Å². The van der Waals surface area contributed by atoms with Gasteiger partial charge in [0.2, 0.25) is 0 Å². The molecule has 106 valence electrons. The molecule has 0 bridgehead atoms. The topological polar surface area (TPSA) is 12.0 Å². The molecule has 1 unspecified atom stereocenters. The molecule has 0 heterocycles. The van der Waals surface area contributed by atoms with E-state index in [1.54, 1.807) is 12.1 Å². The molecule has 1 nitrogen and oxygen atoms in total. The number of hydrogen-bond acceptors (Lipinski definition) is 1. The van der Waals surface area contributed by atoms with Gasteiger partial charge in [-0.2, -0.15) is 0 Å².